The van der Waals surface area contributed by atoms with Gasteiger partial charge in [0.25, 0.3) is 0 Å². The molecule has 1 fully saturated rings. The Morgan fingerprint density at radius 2 is 1.75 bits per heavy atom. The molecule has 0 aromatic heterocycles. The summed E-state index contributed by atoms with van der Waals surface area (Å²) in [7, 11) is 0. The molecule has 0 saturated carbocycles. The molecular weight excluding hydrogens is 329 g/mol. The van der Waals surface area contributed by atoms with E-state index in [4.69, 9.17) is 11.6 Å². The minimum absolute atomic E-state index is 0.0258. The molecule has 0 bridgehead atoms. The Morgan fingerprint density at radius 1 is 1.08 bits per heavy atom. The molecule has 0 atom stereocenters. The zero-order valence-corrected chi connectivity index (χ0v) is 13.9. The quantitative estimate of drug-likeness (QED) is 0.854. The number of carbonyl (C=O) groups is 1. The summed E-state index contributed by atoms with van der Waals surface area (Å²) < 4.78 is 13.1. The molecule has 0 spiro atoms. The second-order valence-corrected chi connectivity index (χ2v) is 6.18. The largest absolute Gasteiger partial charge is 0.376 e. The Morgan fingerprint density at radius 3 is 2.42 bits per heavy atom. The van der Waals surface area contributed by atoms with Crippen LogP contribution in [0.4, 0.5) is 21.5 Å². The summed E-state index contributed by atoms with van der Waals surface area (Å²) in [6, 6.07) is 12.1. The molecule has 1 saturated heterocycles. The first-order valence-electron chi connectivity index (χ1n) is 7.95. The van der Waals surface area contributed by atoms with Gasteiger partial charge in [-0.3, -0.25) is 4.79 Å². The highest BCUT2D eigenvalue weighted by atomic mass is 35.5. The van der Waals surface area contributed by atoms with Crippen LogP contribution in [-0.2, 0) is 4.79 Å². The van der Waals surface area contributed by atoms with Crippen LogP contribution in [0.25, 0.3) is 0 Å². The van der Waals surface area contributed by atoms with E-state index >= 15 is 0 Å². The average Bonchev–Trinajstić information content (AvgIpc) is 3.11. The highest BCUT2D eigenvalue weighted by molar-refractivity contribution is 6.31. The van der Waals surface area contributed by atoms with Crippen molar-refractivity contribution >= 4 is 34.6 Å². The smallest absolute Gasteiger partial charge is 0.243 e. The molecule has 2 N–H and O–H groups in total. The number of amides is 1. The van der Waals surface area contributed by atoms with Crippen molar-refractivity contribution in [2.45, 2.75) is 12.8 Å². The van der Waals surface area contributed by atoms with Crippen molar-refractivity contribution in [2.24, 2.45) is 0 Å². The number of nitrogens with one attached hydrogen (secondary N) is 2. The maximum atomic E-state index is 13.1. The Hall–Kier alpha value is -2.27. The number of hydrogen-bond donors (Lipinski definition) is 2. The maximum absolute atomic E-state index is 13.1. The third kappa shape index (κ3) is 4.17. The first-order valence-corrected chi connectivity index (χ1v) is 8.33. The monoisotopic (exact) mass is 347 g/mol. The van der Waals surface area contributed by atoms with E-state index in [1.165, 1.54) is 30.7 Å². The summed E-state index contributed by atoms with van der Waals surface area (Å²) in [5.74, 6) is -0.658. The van der Waals surface area contributed by atoms with Gasteiger partial charge in [-0.2, -0.15) is 0 Å². The van der Waals surface area contributed by atoms with Gasteiger partial charge in [0.05, 0.1) is 11.6 Å². The Bertz CT molecular complexity index is 715. The van der Waals surface area contributed by atoms with Crippen LogP contribution in [0.15, 0.2) is 42.5 Å². The van der Waals surface area contributed by atoms with Crippen LogP contribution in [0.2, 0.25) is 5.02 Å². The van der Waals surface area contributed by atoms with Crippen LogP contribution in [0, 0.1) is 5.82 Å². The Balaban J connectivity index is 1.51. The number of carbonyl (C=O) groups excluding carboxylic acids is 1. The van der Waals surface area contributed by atoms with E-state index in [0.29, 0.717) is 5.69 Å². The standard InChI is InChI=1S/C18H19ClFN3O/c19-16-11-14(5-8-17(16)20)21-12-18(24)22-13-3-6-15(7-4-13)23-9-1-2-10-23/h3-8,11,21H,1-2,9-10,12H2,(H,22,24). The molecule has 2 aromatic carbocycles. The van der Waals surface area contributed by atoms with Crippen molar-refractivity contribution in [1.82, 2.24) is 0 Å². The molecule has 1 heterocycles. The minimum atomic E-state index is -0.482. The SMILES string of the molecule is O=C(CNc1ccc(F)c(Cl)c1)Nc1ccc(N2CCCC2)cc1. The van der Waals surface area contributed by atoms with E-state index in [1.54, 1.807) is 6.07 Å². The van der Waals surface area contributed by atoms with Crippen LogP contribution < -0.4 is 15.5 Å². The molecule has 1 aliphatic heterocycles. The van der Waals surface area contributed by atoms with Crippen molar-refractivity contribution in [3.05, 3.63) is 53.3 Å². The van der Waals surface area contributed by atoms with Crippen molar-refractivity contribution in [2.75, 3.05) is 35.2 Å². The van der Waals surface area contributed by atoms with Crippen LogP contribution in [-0.4, -0.2) is 25.5 Å². The molecule has 126 valence electrons. The third-order valence-corrected chi connectivity index (χ3v) is 4.28. The van der Waals surface area contributed by atoms with Crippen LogP contribution >= 0.6 is 11.6 Å². The summed E-state index contributed by atoms with van der Waals surface area (Å²) in [5, 5.41) is 5.77. The lowest BCUT2D eigenvalue weighted by molar-refractivity contribution is -0.114. The predicted octanol–water partition coefficient (Wildman–Crippen LogP) is 4.13. The van der Waals surface area contributed by atoms with Crippen LogP contribution in [0.3, 0.4) is 0 Å². The number of hydrogen-bond acceptors (Lipinski definition) is 3. The molecule has 6 heteroatoms. The first-order chi connectivity index (χ1) is 11.6. The van der Waals surface area contributed by atoms with Gasteiger partial charge >= 0.3 is 0 Å². The van der Waals surface area contributed by atoms with Gasteiger partial charge < -0.3 is 15.5 Å². The second-order valence-electron chi connectivity index (χ2n) is 5.77. The van der Waals surface area contributed by atoms with Crippen LogP contribution in [0.5, 0.6) is 0 Å². The van der Waals surface area contributed by atoms with E-state index < -0.39 is 5.82 Å². The molecule has 24 heavy (non-hydrogen) atoms. The van der Waals surface area contributed by atoms with Gasteiger partial charge in [-0.05, 0) is 55.3 Å². The summed E-state index contributed by atoms with van der Waals surface area (Å²) >= 11 is 5.71. The Kier molecular flexibility index (Phi) is 5.20. The maximum Gasteiger partial charge on any atom is 0.243 e. The fourth-order valence-corrected chi connectivity index (χ4v) is 2.91. The number of anilines is 3. The highest BCUT2D eigenvalue weighted by Gasteiger charge is 2.12. The van der Waals surface area contributed by atoms with E-state index in [9.17, 15) is 9.18 Å². The molecule has 1 aliphatic rings. The summed E-state index contributed by atoms with van der Waals surface area (Å²) in [4.78, 5) is 14.3. The van der Waals surface area contributed by atoms with Crippen molar-refractivity contribution in [1.29, 1.82) is 0 Å². The second kappa shape index (κ2) is 7.53. The number of benzene rings is 2. The lowest BCUT2D eigenvalue weighted by atomic mass is 10.2. The van der Waals surface area contributed by atoms with Gasteiger partial charge in [0, 0.05) is 30.2 Å². The number of nitrogens with zero attached hydrogens (tertiary/aromatic N) is 1. The molecule has 3 rings (SSSR count). The van der Waals surface area contributed by atoms with Gasteiger partial charge in [-0.25, -0.2) is 4.39 Å². The normalized spacial score (nSPS) is 13.8. The van der Waals surface area contributed by atoms with Crippen molar-refractivity contribution in [3.63, 3.8) is 0 Å². The van der Waals surface area contributed by atoms with E-state index in [2.05, 4.69) is 15.5 Å². The fraction of sp³-hybridized carbons (Fsp3) is 0.278. The number of halogens is 2. The van der Waals surface area contributed by atoms with Gasteiger partial charge in [-0.15, -0.1) is 0 Å². The molecule has 4 nitrogen and oxygen atoms in total. The zero-order chi connectivity index (χ0) is 16.9. The lowest BCUT2D eigenvalue weighted by Gasteiger charge is -2.17. The topological polar surface area (TPSA) is 44.4 Å². The van der Waals surface area contributed by atoms with Gasteiger partial charge in [-0.1, -0.05) is 11.6 Å². The van der Waals surface area contributed by atoms with Crippen molar-refractivity contribution in [3.8, 4) is 0 Å². The van der Waals surface area contributed by atoms with Gasteiger partial charge in [0.15, 0.2) is 0 Å². The molecule has 1 amide bonds. The first kappa shape index (κ1) is 16.6. The highest BCUT2D eigenvalue weighted by Crippen LogP contribution is 2.22. The lowest BCUT2D eigenvalue weighted by Crippen LogP contribution is -2.22. The van der Waals surface area contributed by atoms with Crippen LogP contribution in [0.1, 0.15) is 12.8 Å². The average molecular weight is 348 g/mol. The summed E-state index contributed by atoms with van der Waals surface area (Å²) in [6.07, 6.45) is 2.47. The van der Waals surface area contributed by atoms with Gasteiger partial charge in [0.2, 0.25) is 5.91 Å². The third-order valence-electron chi connectivity index (χ3n) is 3.99. The Labute approximate surface area is 145 Å². The fourth-order valence-electron chi connectivity index (χ4n) is 2.72. The van der Waals surface area contributed by atoms with E-state index in [-0.39, 0.29) is 17.5 Å². The van der Waals surface area contributed by atoms with Crippen molar-refractivity contribution < 1.29 is 9.18 Å². The minimum Gasteiger partial charge on any atom is -0.376 e. The molecule has 0 unspecified atom stereocenters. The number of rotatable bonds is 5. The molecule has 0 aliphatic carbocycles. The molecular formula is C18H19ClFN3O. The summed E-state index contributed by atoms with van der Waals surface area (Å²) in [6.45, 7) is 2.27. The molecule has 2 aromatic rings. The molecule has 0 radical (unpaired) electrons. The predicted molar refractivity (Wildman–Crippen MR) is 96.4 cm³/mol. The summed E-state index contributed by atoms with van der Waals surface area (Å²) in [5.41, 5.74) is 2.53. The van der Waals surface area contributed by atoms with E-state index in [1.807, 2.05) is 24.3 Å². The zero-order valence-electron chi connectivity index (χ0n) is 13.2. The van der Waals surface area contributed by atoms with E-state index in [0.717, 1.165) is 18.8 Å². The van der Waals surface area contributed by atoms with Gasteiger partial charge in [0.1, 0.15) is 5.82 Å².